The first-order chi connectivity index (χ1) is 11.3. The fourth-order valence-electron chi connectivity index (χ4n) is 2.58. The van der Waals surface area contributed by atoms with Crippen molar-refractivity contribution in [3.05, 3.63) is 35.4 Å². The molecule has 2 amide bonds. The van der Waals surface area contributed by atoms with Crippen molar-refractivity contribution in [3.63, 3.8) is 0 Å². The second-order valence-electron chi connectivity index (χ2n) is 6.89. The largest absolute Gasteiger partial charge is 0.356 e. The highest BCUT2D eigenvalue weighted by molar-refractivity contribution is 14.0. The number of nitrogens with zero attached hydrogens (tertiary/aromatic N) is 2. The number of hydrogen-bond acceptors (Lipinski definition) is 3. The third-order valence-electron chi connectivity index (χ3n) is 3.70. The lowest BCUT2D eigenvalue weighted by atomic mass is 10.1. The van der Waals surface area contributed by atoms with E-state index in [0.717, 1.165) is 25.3 Å². The quantitative estimate of drug-likeness (QED) is 0.234. The van der Waals surface area contributed by atoms with Gasteiger partial charge >= 0.3 is 0 Å². The number of nitrogens with one attached hydrogen (secondary N) is 2. The highest BCUT2D eigenvalue weighted by atomic mass is 127. The average Bonchev–Trinajstić information content (AvgIpc) is 2.77. The summed E-state index contributed by atoms with van der Waals surface area (Å²) >= 11 is 0. The molecule has 0 radical (unpaired) electrons. The van der Waals surface area contributed by atoms with Gasteiger partial charge in [0.2, 0.25) is 0 Å². The number of carbonyl (C=O) groups is 2. The van der Waals surface area contributed by atoms with Crippen LogP contribution in [0.1, 0.15) is 54.3 Å². The lowest BCUT2D eigenvalue weighted by molar-refractivity contribution is 0.0652. The number of rotatable bonds is 5. The van der Waals surface area contributed by atoms with Crippen LogP contribution >= 0.6 is 24.0 Å². The Morgan fingerprint density at radius 1 is 1.08 bits per heavy atom. The summed E-state index contributed by atoms with van der Waals surface area (Å²) in [5, 5.41) is 6.53. The third kappa shape index (κ3) is 5.69. The van der Waals surface area contributed by atoms with Gasteiger partial charge in [0.1, 0.15) is 0 Å². The number of aliphatic imine (C=N–C) groups is 1. The topological polar surface area (TPSA) is 73.8 Å². The second-order valence-corrected chi connectivity index (χ2v) is 6.89. The molecule has 0 aromatic heterocycles. The molecule has 1 aromatic rings. The maximum Gasteiger partial charge on any atom is 0.261 e. The molecule has 1 aromatic carbocycles. The molecule has 0 bridgehead atoms. The Kier molecular flexibility index (Phi) is 7.85. The number of carbonyl (C=O) groups excluding carboxylic acids is 2. The SMILES string of the molecule is CN=C(NCCCCN1C(=O)c2ccccc2C1=O)NC(C)(C)C.I. The normalized spacial score (nSPS) is 14.2. The van der Waals surface area contributed by atoms with Gasteiger partial charge in [-0.3, -0.25) is 19.5 Å². The molecule has 1 aliphatic rings. The summed E-state index contributed by atoms with van der Waals surface area (Å²) in [5.74, 6) is 0.380. The van der Waals surface area contributed by atoms with Crippen molar-refractivity contribution in [1.82, 2.24) is 15.5 Å². The lowest BCUT2D eigenvalue weighted by Crippen LogP contribution is -2.47. The molecule has 25 heavy (non-hydrogen) atoms. The van der Waals surface area contributed by atoms with E-state index in [1.807, 2.05) is 0 Å². The minimum Gasteiger partial charge on any atom is -0.356 e. The molecule has 7 heteroatoms. The Bertz CT molecular complexity index is 618. The molecule has 1 aliphatic heterocycles. The number of hydrogen-bond donors (Lipinski definition) is 2. The summed E-state index contributed by atoms with van der Waals surface area (Å²) in [5.41, 5.74) is 0.966. The Labute approximate surface area is 166 Å². The molecular formula is C18H27IN4O2. The van der Waals surface area contributed by atoms with Gasteiger partial charge in [0, 0.05) is 25.7 Å². The minimum atomic E-state index is -0.186. The molecule has 2 N–H and O–H groups in total. The molecule has 0 saturated heterocycles. The van der Waals surface area contributed by atoms with Crippen LogP contribution in [-0.2, 0) is 0 Å². The van der Waals surface area contributed by atoms with Gasteiger partial charge in [0.05, 0.1) is 11.1 Å². The van der Waals surface area contributed by atoms with Gasteiger partial charge in [-0.1, -0.05) is 12.1 Å². The molecule has 6 nitrogen and oxygen atoms in total. The summed E-state index contributed by atoms with van der Waals surface area (Å²) in [7, 11) is 1.74. The van der Waals surface area contributed by atoms with Crippen molar-refractivity contribution in [2.75, 3.05) is 20.1 Å². The summed E-state index contributed by atoms with van der Waals surface area (Å²) < 4.78 is 0. The minimum absolute atomic E-state index is 0. The van der Waals surface area contributed by atoms with Crippen molar-refractivity contribution >= 4 is 41.8 Å². The van der Waals surface area contributed by atoms with Crippen LogP contribution in [0.2, 0.25) is 0 Å². The zero-order chi connectivity index (χ0) is 17.7. The predicted octanol–water partition coefficient (Wildman–Crippen LogP) is 2.64. The number of guanidine groups is 1. The summed E-state index contributed by atoms with van der Waals surface area (Å²) in [4.78, 5) is 30.0. The van der Waals surface area contributed by atoms with Crippen LogP contribution < -0.4 is 10.6 Å². The third-order valence-corrected chi connectivity index (χ3v) is 3.70. The summed E-state index contributed by atoms with van der Waals surface area (Å²) in [6.45, 7) is 7.39. The standard InChI is InChI=1S/C18H26N4O2.HI/c1-18(2,3)21-17(19-4)20-11-7-8-12-22-15(23)13-9-5-6-10-14(13)16(22)24;/h5-6,9-10H,7-8,11-12H2,1-4H3,(H2,19,20,21);1H. The van der Waals surface area contributed by atoms with E-state index in [2.05, 4.69) is 36.4 Å². The first-order valence-corrected chi connectivity index (χ1v) is 8.27. The highest BCUT2D eigenvalue weighted by Gasteiger charge is 2.34. The van der Waals surface area contributed by atoms with Gasteiger partial charge in [-0.2, -0.15) is 0 Å². The molecule has 0 atom stereocenters. The van der Waals surface area contributed by atoms with Gasteiger partial charge in [-0.15, -0.1) is 24.0 Å². The van der Waals surface area contributed by atoms with Crippen LogP contribution in [0.15, 0.2) is 29.3 Å². The molecule has 0 aliphatic carbocycles. The molecular weight excluding hydrogens is 431 g/mol. The Morgan fingerprint density at radius 2 is 1.64 bits per heavy atom. The van der Waals surface area contributed by atoms with Crippen LogP contribution in [0.4, 0.5) is 0 Å². The van der Waals surface area contributed by atoms with Crippen LogP contribution in [0, 0.1) is 0 Å². The molecule has 0 saturated carbocycles. The Morgan fingerprint density at radius 3 is 2.12 bits per heavy atom. The van der Waals surface area contributed by atoms with Crippen molar-refractivity contribution in [2.24, 2.45) is 4.99 Å². The molecule has 0 fully saturated rings. The fraction of sp³-hybridized carbons (Fsp3) is 0.500. The summed E-state index contributed by atoms with van der Waals surface area (Å²) in [6, 6.07) is 6.98. The maximum absolute atomic E-state index is 12.2. The lowest BCUT2D eigenvalue weighted by Gasteiger charge is -2.23. The fourth-order valence-corrected chi connectivity index (χ4v) is 2.58. The van der Waals surface area contributed by atoms with Gasteiger partial charge in [0.25, 0.3) is 11.8 Å². The zero-order valence-corrected chi connectivity index (χ0v) is 17.6. The van der Waals surface area contributed by atoms with E-state index in [9.17, 15) is 9.59 Å². The van der Waals surface area contributed by atoms with Crippen LogP contribution in [0.3, 0.4) is 0 Å². The van der Waals surface area contributed by atoms with Crippen LogP contribution in [0.25, 0.3) is 0 Å². The van der Waals surface area contributed by atoms with Crippen LogP contribution in [-0.4, -0.2) is 48.3 Å². The molecule has 1 heterocycles. The van der Waals surface area contributed by atoms with Gasteiger partial charge < -0.3 is 10.6 Å². The monoisotopic (exact) mass is 458 g/mol. The van der Waals surface area contributed by atoms with Crippen LogP contribution in [0.5, 0.6) is 0 Å². The van der Waals surface area contributed by atoms with E-state index >= 15 is 0 Å². The first-order valence-electron chi connectivity index (χ1n) is 8.27. The van der Waals surface area contributed by atoms with Gasteiger partial charge in [0.15, 0.2) is 5.96 Å². The molecule has 0 unspecified atom stereocenters. The van der Waals surface area contributed by atoms with E-state index in [0.29, 0.717) is 17.7 Å². The number of benzene rings is 1. The van der Waals surface area contributed by atoms with E-state index < -0.39 is 0 Å². The zero-order valence-electron chi connectivity index (χ0n) is 15.3. The highest BCUT2D eigenvalue weighted by Crippen LogP contribution is 2.22. The number of fused-ring (bicyclic) bond motifs is 1. The number of amides is 2. The van der Waals surface area contributed by atoms with E-state index in [-0.39, 0.29) is 41.3 Å². The molecule has 2 rings (SSSR count). The van der Waals surface area contributed by atoms with E-state index in [1.54, 1.807) is 31.3 Å². The second kappa shape index (κ2) is 9.17. The number of unbranched alkanes of at least 4 members (excludes halogenated alkanes) is 1. The predicted molar refractivity (Wildman–Crippen MR) is 111 cm³/mol. The maximum atomic E-state index is 12.2. The first kappa shape index (κ1) is 21.4. The summed E-state index contributed by atoms with van der Waals surface area (Å²) in [6.07, 6.45) is 1.60. The molecule has 138 valence electrons. The smallest absolute Gasteiger partial charge is 0.261 e. The van der Waals surface area contributed by atoms with Gasteiger partial charge in [-0.05, 0) is 45.7 Å². The number of halogens is 1. The Hall–Kier alpha value is -1.64. The van der Waals surface area contributed by atoms with Crippen molar-refractivity contribution in [1.29, 1.82) is 0 Å². The average molecular weight is 458 g/mol. The van der Waals surface area contributed by atoms with Crippen molar-refractivity contribution in [2.45, 2.75) is 39.2 Å². The van der Waals surface area contributed by atoms with Gasteiger partial charge in [-0.25, -0.2) is 0 Å². The Balaban J connectivity index is 0.00000312. The van der Waals surface area contributed by atoms with E-state index in [4.69, 9.17) is 0 Å². The number of imide groups is 1. The van der Waals surface area contributed by atoms with E-state index in [1.165, 1.54) is 4.90 Å². The van der Waals surface area contributed by atoms with Crippen molar-refractivity contribution < 1.29 is 9.59 Å². The molecule has 0 spiro atoms. The van der Waals surface area contributed by atoms with Crippen molar-refractivity contribution in [3.8, 4) is 0 Å².